The fourth-order valence-corrected chi connectivity index (χ4v) is 3.11. The maximum Gasteiger partial charge on any atom is 0.184 e. The monoisotopic (exact) mass is 315 g/mol. The normalized spacial score (nSPS) is 10.9. The molecule has 5 nitrogen and oxygen atoms in total. The standard InChI is InChI=1S/C16H17N3O2S/c1-10-15(14(20)9-18-16-17-6-7-22-16)12-8-11(21-3)4-5-13(12)19(10)2/h4-8H,9H2,1-3H3,(H,17,18). The van der Waals surface area contributed by atoms with Crippen LogP contribution in [0.4, 0.5) is 5.13 Å². The summed E-state index contributed by atoms with van der Waals surface area (Å²) in [4.78, 5) is 16.8. The highest BCUT2D eigenvalue weighted by molar-refractivity contribution is 7.13. The molecule has 1 N–H and O–H groups in total. The Hall–Kier alpha value is -2.34. The second-order valence-corrected chi connectivity index (χ2v) is 5.91. The van der Waals surface area contributed by atoms with Gasteiger partial charge in [-0.3, -0.25) is 4.79 Å². The quantitative estimate of drug-likeness (QED) is 0.734. The number of benzene rings is 1. The van der Waals surface area contributed by atoms with Crippen molar-refractivity contribution in [1.82, 2.24) is 9.55 Å². The Balaban J connectivity index is 1.97. The van der Waals surface area contributed by atoms with Gasteiger partial charge >= 0.3 is 0 Å². The Kier molecular flexibility index (Phi) is 3.85. The Bertz CT molecular complexity index is 822. The van der Waals surface area contributed by atoms with E-state index >= 15 is 0 Å². The molecule has 0 fully saturated rings. The highest BCUT2D eigenvalue weighted by atomic mass is 32.1. The summed E-state index contributed by atoms with van der Waals surface area (Å²) in [6.45, 7) is 2.19. The molecule has 0 saturated heterocycles. The number of fused-ring (bicyclic) bond motifs is 1. The fraction of sp³-hybridized carbons (Fsp3) is 0.250. The summed E-state index contributed by atoms with van der Waals surface area (Å²) in [6.07, 6.45) is 1.71. The van der Waals surface area contributed by atoms with Crippen molar-refractivity contribution >= 4 is 33.2 Å². The van der Waals surface area contributed by atoms with Crippen LogP contribution >= 0.6 is 11.3 Å². The number of methoxy groups -OCH3 is 1. The number of aromatic nitrogens is 2. The number of Topliss-reactive ketones (excluding diaryl/α,β-unsaturated/α-hetero) is 1. The molecule has 22 heavy (non-hydrogen) atoms. The van der Waals surface area contributed by atoms with E-state index in [-0.39, 0.29) is 12.3 Å². The molecule has 6 heteroatoms. The SMILES string of the molecule is COc1ccc2c(c1)c(C(=O)CNc1nccs1)c(C)n2C. The van der Waals surface area contributed by atoms with E-state index in [0.717, 1.165) is 33.0 Å². The lowest BCUT2D eigenvalue weighted by atomic mass is 10.1. The van der Waals surface area contributed by atoms with Gasteiger partial charge in [-0.15, -0.1) is 11.3 Å². The molecule has 0 atom stereocenters. The fourth-order valence-electron chi connectivity index (χ4n) is 2.59. The zero-order chi connectivity index (χ0) is 15.7. The lowest BCUT2D eigenvalue weighted by molar-refractivity contribution is 0.101. The van der Waals surface area contributed by atoms with E-state index in [9.17, 15) is 4.79 Å². The van der Waals surface area contributed by atoms with Gasteiger partial charge < -0.3 is 14.6 Å². The van der Waals surface area contributed by atoms with Crippen LogP contribution in [0.15, 0.2) is 29.8 Å². The third kappa shape index (κ3) is 2.46. The van der Waals surface area contributed by atoms with E-state index < -0.39 is 0 Å². The largest absolute Gasteiger partial charge is 0.497 e. The molecule has 1 aromatic carbocycles. The minimum Gasteiger partial charge on any atom is -0.497 e. The number of ether oxygens (including phenoxy) is 1. The molecule has 114 valence electrons. The number of aryl methyl sites for hydroxylation is 1. The molecule has 0 bridgehead atoms. The van der Waals surface area contributed by atoms with E-state index in [2.05, 4.69) is 10.3 Å². The molecule has 2 heterocycles. The van der Waals surface area contributed by atoms with Crippen molar-refractivity contribution in [3.05, 3.63) is 41.0 Å². The average Bonchev–Trinajstić information content (AvgIpc) is 3.13. The van der Waals surface area contributed by atoms with Gasteiger partial charge in [0.1, 0.15) is 5.75 Å². The number of anilines is 1. The predicted molar refractivity (Wildman–Crippen MR) is 89.1 cm³/mol. The van der Waals surface area contributed by atoms with Crippen molar-refractivity contribution < 1.29 is 9.53 Å². The Morgan fingerprint density at radius 2 is 2.27 bits per heavy atom. The molecule has 3 aromatic rings. The van der Waals surface area contributed by atoms with E-state index in [1.54, 1.807) is 13.3 Å². The summed E-state index contributed by atoms with van der Waals surface area (Å²) in [5.41, 5.74) is 2.71. The first-order valence-corrected chi connectivity index (χ1v) is 7.79. The Morgan fingerprint density at radius 1 is 1.45 bits per heavy atom. The molecule has 0 saturated carbocycles. The smallest absolute Gasteiger partial charge is 0.184 e. The van der Waals surface area contributed by atoms with Crippen LogP contribution in [0.5, 0.6) is 5.75 Å². The third-order valence-electron chi connectivity index (χ3n) is 3.81. The third-order valence-corrected chi connectivity index (χ3v) is 4.54. The number of hydrogen-bond donors (Lipinski definition) is 1. The van der Waals surface area contributed by atoms with E-state index in [1.807, 2.05) is 42.1 Å². The Labute approximate surface area is 132 Å². The first kappa shape index (κ1) is 14.6. The second-order valence-electron chi connectivity index (χ2n) is 5.02. The average molecular weight is 315 g/mol. The highest BCUT2D eigenvalue weighted by Gasteiger charge is 2.19. The molecule has 0 unspecified atom stereocenters. The molecule has 2 aromatic heterocycles. The Morgan fingerprint density at radius 3 is 2.95 bits per heavy atom. The summed E-state index contributed by atoms with van der Waals surface area (Å²) >= 11 is 1.48. The zero-order valence-corrected chi connectivity index (χ0v) is 13.5. The molecule has 0 aliphatic heterocycles. The van der Waals surface area contributed by atoms with Crippen molar-refractivity contribution in [2.45, 2.75) is 6.92 Å². The predicted octanol–water partition coefficient (Wildman–Crippen LogP) is 3.25. The number of rotatable bonds is 5. The maximum absolute atomic E-state index is 12.6. The number of thiazole rings is 1. The van der Waals surface area contributed by atoms with Crippen LogP contribution in [-0.2, 0) is 7.05 Å². The second kappa shape index (κ2) is 5.81. The van der Waals surface area contributed by atoms with Gasteiger partial charge in [0.05, 0.1) is 13.7 Å². The van der Waals surface area contributed by atoms with Crippen molar-refractivity contribution in [1.29, 1.82) is 0 Å². The van der Waals surface area contributed by atoms with E-state index in [4.69, 9.17) is 4.74 Å². The summed E-state index contributed by atoms with van der Waals surface area (Å²) < 4.78 is 7.31. The summed E-state index contributed by atoms with van der Waals surface area (Å²) in [7, 11) is 3.59. The summed E-state index contributed by atoms with van der Waals surface area (Å²) in [6, 6.07) is 5.80. The van der Waals surface area contributed by atoms with Gasteiger partial charge in [0, 0.05) is 40.8 Å². The van der Waals surface area contributed by atoms with Crippen molar-refractivity contribution in [2.75, 3.05) is 19.0 Å². The van der Waals surface area contributed by atoms with Crippen LogP contribution in [0.3, 0.4) is 0 Å². The zero-order valence-electron chi connectivity index (χ0n) is 12.7. The van der Waals surface area contributed by atoms with Gasteiger partial charge in [-0.2, -0.15) is 0 Å². The molecule has 0 spiro atoms. The van der Waals surface area contributed by atoms with Crippen molar-refractivity contribution in [2.24, 2.45) is 7.05 Å². The number of hydrogen-bond acceptors (Lipinski definition) is 5. The van der Waals surface area contributed by atoms with E-state index in [0.29, 0.717) is 0 Å². The van der Waals surface area contributed by atoms with Crippen LogP contribution in [0.2, 0.25) is 0 Å². The first-order valence-electron chi connectivity index (χ1n) is 6.91. The number of nitrogens with one attached hydrogen (secondary N) is 1. The summed E-state index contributed by atoms with van der Waals surface area (Å²) in [5, 5.41) is 6.62. The van der Waals surface area contributed by atoms with Crippen LogP contribution in [-0.4, -0.2) is 29.0 Å². The molecule has 0 amide bonds. The van der Waals surface area contributed by atoms with Crippen molar-refractivity contribution in [3.63, 3.8) is 0 Å². The number of carbonyl (C=O) groups excluding carboxylic acids is 1. The lowest BCUT2D eigenvalue weighted by Gasteiger charge is -2.04. The molecular weight excluding hydrogens is 298 g/mol. The molecule has 0 aliphatic rings. The van der Waals surface area contributed by atoms with Crippen LogP contribution in [0, 0.1) is 6.92 Å². The molecule has 0 aliphatic carbocycles. The number of carbonyl (C=O) groups is 1. The minimum absolute atomic E-state index is 0.0477. The van der Waals surface area contributed by atoms with Crippen molar-refractivity contribution in [3.8, 4) is 5.75 Å². The number of nitrogens with zero attached hydrogens (tertiary/aromatic N) is 2. The minimum atomic E-state index is 0.0477. The van der Waals surface area contributed by atoms with Gasteiger partial charge in [-0.05, 0) is 25.1 Å². The van der Waals surface area contributed by atoms with Crippen LogP contribution in [0.25, 0.3) is 10.9 Å². The molecular formula is C16H17N3O2S. The van der Waals surface area contributed by atoms with E-state index in [1.165, 1.54) is 11.3 Å². The topological polar surface area (TPSA) is 56.1 Å². The maximum atomic E-state index is 12.6. The van der Waals surface area contributed by atoms with Crippen LogP contribution < -0.4 is 10.1 Å². The highest BCUT2D eigenvalue weighted by Crippen LogP contribution is 2.29. The van der Waals surface area contributed by atoms with Gasteiger partial charge in [0.25, 0.3) is 0 Å². The molecule has 3 rings (SSSR count). The summed E-state index contributed by atoms with van der Waals surface area (Å²) in [5.74, 6) is 0.798. The first-order chi connectivity index (χ1) is 10.6. The van der Waals surface area contributed by atoms with Gasteiger partial charge in [-0.1, -0.05) is 0 Å². The van der Waals surface area contributed by atoms with Crippen LogP contribution in [0.1, 0.15) is 16.1 Å². The molecule has 0 radical (unpaired) electrons. The van der Waals surface area contributed by atoms with Gasteiger partial charge in [0.2, 0.25) is 0 Å². The van der Waals surface area contributed by atoms with Gasteiger partial charge in [0.15, 0.2) is 10.9 Å². The number of ketones is 1. The lowest BCUT2D eigenvalue weighted by Crippen LogP contribution is -2.14. The van der Waals surface area contributed by atoms with Gasteiger partial charge in [-0.25, -0.2) is 4.98 Å².